The van der Waals surface area contributed by atoms with Gasteiger partial charge in [-0.2, -0.15) is 0 Å². The van der Waals surface area contributed by atoms with Crippen molar-refractivity contribution in [3.63, 3.8) is 0 Å². The standard InChI is InChI=1S/C19H28O11/c20-6-10-12(22)13(23)15(25)19(28-10)30-17-11(7-21)29-18(16(26)14(17)24)27-8-9-4-2-1-3-5-9/h1-5,10-26H,6-8H2/t10-,11-,12-,13+,14-,15+,16+,17-,18-,19+/m1/s1. The van der Waals surface area contributed by atoms with Gasteiger partial charge >= 0.3 is 0 Å². The fourth-order valence-electron chi connectivity index (χ4n) is 3.45. The van der Waals surface area contributed by atoms with E-state index in [4.69, 9.17) is 18.9 Å². The molecule has 11 heteroatoms. The Kier molecular flexibility index (Phi) is 8.12. The lowest BCUT2D eigenvalue weighted by molar-refractivity contribution is -0.360. The van der Waals surface area contributed by atoms with Crippen LogP contribution in [0.5, 0.6) is 0 Å². The Morgan fingerprint density at radius 3 is 1.93 bits per heavy atom. The highest BCUT2D eigenvalue weighted by Crippen LogP contribution is 2.29. The third-order valence-electron chi connectivity index (χ3n) is 5.22. The molecule has 3 rings (SSSR count). The van der Waals surface area contributed by atoms with E-state index in [0.29, 0.717) is 0 Å². The van der Waals surface area contributed by atoms with Gasteiger partial charge in [-0.05, 0) is 5.56 Å². The van der Waals surface area contributed by atoms with E-state index < -0.39 is 74.6 Å². The van der Waals surface area contributed by atoms with Crippen LogP contribution in [0.15, 0.2) is 30.3 Å². The van der Waals surface area contributed by atoms with E-state index in [9.17, 15) is 35.7 Å². The first-order valence-corrected chi connectivity index (χ1v) is 9.61. The maximum absolute atomic E-state index is 10.5. The second-order valence-electron chi connectivity index (χ2n) is 7.30. The van der Waals surface area contributed by atoms with Crippen molar-refractivity contribution in [3.05, 3.63) is 35.9 Å². The van der Waals surface area contributed by atoms with E-state index in [1.54, 1.807) is 12.1 Å². The molecule has 0 bridgehead atoms. The maximum atomic E-state index is 10.5. The largest absolute Gasteiger partial charge is 0.394 e. The highest BCUT2D eigenvalue weighted by atomic mass is 16.7. The van der Waals surface area contributed by atoms with E-state index in [0.717, 1.165) is 5.56 Å². The molecule has 0 unspecified atom stereocenters. The zero-order chi connectivity index (χ0) is 21.8. The normalized spacial score (nSPS) is 42.2. The first kappa shape index (κ1) is 23.4. The summed E-state index contributed by atoms with van der Waals surface area (Å²) in [7, 11) is 0. The predicted molar refractivity (Wildman–Crippen MR) is 97.6 cm³/mol. The Morgan fingerprint density at radius 1 is 0.700 bits per heavy atom. The van der Waals surface area contributed by atoms with E-state index in [1.165, 1.54) is 0 Å². The fourth-order valence-corrected chi connectivity index (χ4v) is 3.45. The van der Waals surface area contributed by atoms with Crippen molar-refractivity contribution in [3.8, 4) is 0 Å². The minimum atomic E-state index is -1.71. The van der Waals surface area contributed by atoms with Crippen LogP contribution in [0.2, 0.25) is 0 Å². The molecule has 0 radical (unpaired) electrons. The molecule has 170 valence electrons. The molecule has 0 amide bonds. The van der Waals surface area contributed by atoms with Crippen LogP contribution in [0.1, 0.15) is 5.56 Å². The molecule has 30 heavy (non-hydrogen) atoms. The van der Waals surface area contributed by atoms with Gasteiger partial charge in [0, 0.05) is 0 Å². The summed E-state index contributed by atoms with van der Waals surface area (Å²) in [5.41, 5.74) is 0.808. The van der Waals surface area contributed by atoms with Crippen molar-refractivity contribution < 1.29 is 54.7 Å². The molecule has 2 heterocycles. The van der Waals surface area contributed by atoms with E-state index in [1.807, 2.05) is 18.2 Å². The summed E-state index contributed by atoms with van der Waals surface area (Å²) < 4.78 is 21.8. The van der Waals surface area contributed by atoms with Crippen LogP contribution in [0.4, 0.5) is 0 Å². The zero-order valence-electron chi connectivity index (χ0n) is 16.0. The molecule has 0 spiro atoms. The minimum Gasteiger partial charge on any atom is -0.394 e. The second kappa shape index (κ2) is 10.4. The van der Waals surface area contributed by atoms with Crippen LogP contribution in [-0.4, -0.2) is 110 Å². The monoisotopic (exact) mass is 432 g/mol. The highest BCUT2D eigenvalue weighted by molar-refractivity contribution is 5.13. The van der Waals surface area contributed by atoms with Crippen LogP contribution in [0.3, 0.4) is 0 Å². The van der Waals surface area contributed by atoms with Gasteiger partial charge in [0.05, 0.1) is 19.8 Å². The van der Waals surface area contributed by atoms with Crippen LogP contribution in [-0.2, 0) is 25.6 Å². The maximum Gasteiger partial charge on any atom is 0.187 e. The van der Waals surface area contributed by atoms with Gasteiger partial charge in [0.1, 0.15) is 48.8 Å². The Labute approximate surface area is 172 Å². The molecule has 2 aliphatic heterocycles. The Morgan fingerprint density at radius 2 is 1.30 bits per heavy atom. The summed E-state index contributed by atoms with van der Waals surface area (Å²) in [5.74, 6) is 0. The summed E-state index contributed by atoms with van der Waals surface area (Å²) in [6.45, 7) is -1.18. The van der Waals surface area contributed by atoms with Gasteiger partial charge in [-0.15, -0.1) is 0 Å². The molecule has 11 nitrogen and oxygen atoms in total. The average molecular weight is 432 g/mol. The fraction of sp³-hybridized carbons (Fsp3) is 0.684. The molecule has 0 aromatic heterocycles. The lowest BCUT2D eigenvalue weighted by Gasteiger charge is -2.45. The Balaban J connectivity index is 1.66. The van der Waals surface area contributed by atoms with Gasteiger partial charge in [-0.3, -0.25) is 0 Å². The first-order chi connectivity index (χ1) is 14.4. The predicted octanol–water partition coefficient (Wildman–Crippen LogP) is -3.17. The molecule has 2 saturated heterocycles. The zero-order valence-corrected chi connectivity index (χ0v) is 16.0. The third kappa shape index (κ3) is 4.98. The van der Waals surface area contributed by atoms with Crippen molar-refractivity contribution in [2.45, 2.75) is 68.0 Å². The van der Waals surface area contributed by atoms with Gasteiger partial charge in [0.15, 0.2) is 12.6 Å². The molecular formula is C19H28O11. The molecule has 0 saturated carbocycles. The van der Waals surface area contributed by atoms with Gasteiger partial charge in [0.2, 0.25) is 0 Å². The molecule has 1 aromatic rings. The average Bonchev–Trinajstić information content (AvgIpc) is 2.77. The third-order valence-corrected chi connectivity index (χ3v) is 5.22. The summed E-state index contributed by atoms with van der Waals surface area (Å²) >= 11 is 0. The second-order valence-corrected chi connectivity index (χ2v) is 7.30. The number of ether oxygens (including phenoxy) is 4. The number of benzene rings is 1. The molecule has 0 aliphatic carbocycles. The van der Waals surface area contributed by atoms with Crippen molar-refractivity contribution in [1.82, 2.24) is 0 Å². The van der Waals surface area contributed by atoms with Gasteiger partial charge < -0.3 is 54.7 Å². The number of hydrogen-bond acceptors (Lipinski definition) is 11. The minimum absolute atomic E-state index is 0.0890. The van der Waals surface area contributed by atoms with Gasteiger partial charge in [0.25, 0.3) is 0 Å². The van der Waals surface area contributed by atoms with Crippen molar-refractivity contribution in [2.24, 2.45) is 0 Å². The Hall–Kier alpha value is -1.22. The summed E-state index contributed by atoms with van der Waals surface area (Å²) in [6, 6.07) is 9.07. The molecule has 2 aliphatic rings. The van der Waals surface area contributed by atoms with Crippen molar-refractivity contribution >= 4 is 0 Å². The Bertz CT molecular complexity index is 643. The van der Waals surface area contributed by atoms with E-state index >= 15 is 0 Å². The van der Waals surface area contributed by atoms with Crippen LogP contribution in [0, 0.1) is 0 Å². The SMILES string of the molecule is OC[C@H]1O[C@@H](O[C@H]2[C@H](O)[C@H](O)[C@H](OCc3ccccc3)O[C@@H]2CO)[C@@H](O)[C@@H](O)[C@@H]1O. The number of aliphatic hydroxyl groups excluding tert-OH is 7. The van der Waals surface area contributed by atoms with Crippen LogP contribution < -0.4 is 0 Å². The number of aliphatic hydroxyl groups is 7. The molecule has 2 fully saturated rings. The van der Waals surface area contributed by atoms with Crippen molar-refractivity contribution in [1.29, 1.82) is 0 Å². The number of hydrogen-bond donors (Lipinski definition) is 7. The van der Waals surface area contributed by atoms with Gasteiger partial charge in [-0.25, -0.2) is 0 Å². The quantitative estimate of drug-likeness (QED) is 0.231. The molecule has 1 aromatic carbocycles. The summed E-state index contributed by atoms with van der Waals surface area (Å²) in [4.78, 5) is 0. The first-order valence-electron chi connectivity index (χ1n) is 9.61. The van der Waals surface area contributed by atoms with Crippen molar-refractivity contribution in [2.75, 3.05) is 13.2 Å². The molecular weight excluding hydrogens is 404 g/mol. The lowest BCUT2D eigenvalue weighted by atomic mass is 9.97. The number of rotatable bonds is 7. The molecule has 10 atom stereocenters. The smallest absolute Gasteiger partial charge is 0.187 e. The van der Waals surface area contributed by atoms with Crippen LogP contribution >= 0.6 is 0 Å². The summed E-state index contributed by atoms with van der Waals surface area (Å²) in [6.07, 6.45) is -14.7. The summed E-state index contributed by atoms with van der Waals surface area (Å²) in [5, 5.41) is 69.7. The van der Waals surface area contributed by atoms with E-state index in [-0.39, 0.29) is 6.61 Å². The van der Waals surface area contributed by atoms with E-state index in [2.05, 4.69) is 0 Å². The van der Waals surface area contributed by atoms with Crippen LogP contribution in [0.25, 0.3) is 0 Å². The molecule has 7 N–H and O–H groups in total. The van der Waals surface area contributed by atoms with Gasteiger partial charge in [-0.1, -0.05) is 30.3 Å². The highest BCUT2D eigenvalue weighted by Gasteiger charge is 2.50. The topological polar surface area (TPSA) is 179 Å². The lowest BCUT2D eigenvalue weighted by Crippen LogP contribution is -2.64.